The molecule has 3 aromatic carbocycles. The van der Waals surface area contributed by atoms with Crippen molar-refractivity contribution in [2.24, 2.45) is 4.99 Å². The minimum Gasteiger partial charge on any atom is -0.491 e. The average Bonchev–Trinajstić information content (AvgIpc) is 3.13. The Morgan fingerprint density at radius 3 is 2.10 bits per heavy atom. The van der Waals surface area contributed by atoms with E-state index < -0.39 is 0 Å². The molecule has 0 amide bonds. The van der Waals surface area contributed by atoms with Gasteiger partial charge >= 0.3 is 0 Å². The number of nitrogens with zero attached hydrogens (tertiary/aromatic N) is 1. The van der Waals surface area contributed by atoms with E-state index in [1.54, 1.807) is 0 Å². The second-order valence-electron chi connectivity index (χ2n) is 7.27. The molecular weight excluding hydrogens is 396 g/mol. The maximum atomic E-state index is 5.83. The highest BCUT2D eigenvalue weighted by Crippen LogP contribution is 2.41. The molecule has 4 rings (SSSR count). The van der Waals surface area contributed by atoms with Gasteiger partial charge in [-0.2, -0.15) is 0 Å². The fourth-order valence-corrected chi connectivity index (χ4v) is 3.72. The van der Waals surface area contributed by atoms with Crippen LogP contribution >= 0.6 is 12.4 Å². The molecule has 1 aliphatic heterocycles. The number of nitrogens with one attached hydrogen (secondary N) is 1. The van der Waals surface area contributed by atoms with Crippen molar-refractivity contribution in [3.05, 3.63) is 102 Å². The van der Waals surface area contributed by atoms with E-state index in [4.69, 9.17) is 14.5 Å². The summed E-state index contributed by atoms with van der Waals surface area (Å²) >= 11 is 0. The molecule has 5 heteroatoms. The molecule has 4 nitrogen and oxygen atoms in total. The Morgan fingerprint density at radius 2 is 1.43 bits per heavy atom. The van der Waals surface area contributed by atoms with E-state index in [0.29, 0.717) is 19.8 Å². The highest BCUT2D eigenvalue weighted by atomic mass is 35.5. The highest BCUT2D eigenvalue weighted by molar-refractivity contribution is 5.86. The maximum Gasteiger partial charge on any atom is 0.124 e. The number of ether oxygens (including phenoxy) is 2. The molecule has 2 atom stereocenters. The zero-order valence-corrected chi connectivity index (χ0v) is 17.8. The van der Waals surface area contributed by atoms with E-state index in [1.807, 2.05) is 42.5 Å². The quantitative estimate of drug-likeness (QED) is 0.510. The van der Waals surface area contributed by atoms with Crippen LogP contribution in [0.25, 0.3) is 0 Å². The Balaban J connectivity index is 0.00000256. The summed E-state index contributed by atoms with van der Waals surface area (Å²) in [5.74, 6) is 1.72. The molecule has 0 saturated carbocycles. The van der Waals surface area contributed by atoms with Gasteiger partial charge in [0.15, 0.2) is 0 Å². The predicted octanol–water partition coefficient (Wildman–Crippen LogP) is 5.16. The summed E-state index contributed by atoms with van der Waals surface area (Å²) in [7, 11) is 0. The van der Waals surface area contributed by atoms with Crippen LogP contribution in [0.3, 0.4) is 0 Å². The van der Waals surface area contributed by atoms with Crippen LogP contribution in [0.5, 0.6) is 5.75 Å². The molecule has 0 aliphatic carbocycles. The molecule has 1 aliphatic rings. The van der Waals surface area contributed by atoms with Crippen molar-refractivity contribution in [1.29, 1.82) is 0 Å². The number of aliphatic imine (C=N–C) groups is 1. The molecule has 0 radical (unpaired) electrons. The van der Waals surface area contributed by atoms with Crippen molar-refractivity contribution < 1.29 is 9.47 Å². The van der Waals surface area contributed by atoms with Crippen LogP contribution in [-0.4, -0.2) is 25.7 Å². The molecule has 0 bridgehead atoms. The summed E-state index contributed by atoms with van der Waals surface area (Å²) in [5.41, 5.74) is 2.01. The molecule has 156 valence electrons. The Hall–Kier alpha value is -2.82. The molecule has 0 fully saturated rings. The summed E-state index contributed by atoms with van der Waals surface area (Å²) in [6, 6.07) is 30.7. The Labute approximate surface area is 184 Å². The van der Waals surface area contributed by atoms with Crippen molar-refractivity contribution in [3.8, 4) is 5.75 Å². The van der Waals surface area contributed by atoms with Gasteiger partial charge in [0.2, 0.25) is 0 Å². The molecule has 1 heterocycles. The number of rotatable bonds is 8. The smallest absolute Gasteiger partial charge is 0.124 e. The van der Waals surface area contributed by atoms with Gasteiger partial charge in [-0.1, -0.05) is 78.9 Å². The summed E-state index contributed by atoms with van der Waals surface area (Å²) in [6.07, 6.45) is 0. The third-order valence-corrected chi connectivity index (χ3v) is 5.21. The summed E-state index contributed by atoms with van der Waals surface area (Å²) < 4.78 is 11.5. The Morgan fingerprint density at radius 1 is 0.833 bits per heavy atom. The molecule has 30 heavy (non-hydrogen) atoms. The van der Waals surface area contributed by atoms with E-state index in [9.17, 15) is 0 Å². The Kier molecular flexibility index (Phi) is 7.50. The van der Waals surface area contributed by atoms with Gasteiger partial charge < -0.3 is 14.8 Å². The van der Waals surface area contributed by atoms with Crippen LogP contribution < -0.4 is 10.1 Å². The van der Waals surface area contributed by atoms with E-state index >= 15 is 0 Å². The van der Waals surface area contributed by atoms with Crippen LogP contribution in [0.15, 0.2) is 96.0 Å². The lowest BCUT2D eigenvalue weighted by Crippen LogP contribution is -2.33. The molecule has 0 spiro atoms. The van der Waals surface area contributed by atoms with Gasteiger partial charge in [-0.05, 0) is 30.2 Å². The maximum absolute atomic E-state index is 5.83. The van der Waals surface area contributed by atoms with Gasteiger partial charge in [-0.15, -0.1) is 12.4 Å². The van der Waals surface area contributed by atoms with E-state index in [2.05, 4.69) is 60.8 Å². The molecule has 3 aromatic rings. The average molecular weight is 423 g/mol. The number of para-hydroxylation sites is 1. The first-order valence-electron chi connectivity index (χ1n) is 9.97. The molecule has 0 saturated heterocycles. The first-order valence-corrected chi connectivity index (χ1v) is 9.97. The fraction of sp³-hybridized carbons (Fsp3) is 0.240. The lowest BCUT2D eigenvalue weighted by atomic mass is 9.82. The first-order chi connectivity index (χ1) is 14.3. The Bertz CT molecular complexity index is 935. The van der Waals surface area contributed by atoms with E-state index in [0.717, 1.165) is 11.6 Å². The fourth-order valence-electron chi connectivity index (χ4n) is 3.72. The standard InChI is InChI=1S/C25H26N2O2.ClH/c1-25(21-13-7-3-8-14-21)24(20-11-5-2-6-12-20)26-23(27-25)19-28-17-18-29-22-15-9-4-10-16-22;/h2-16,24H,17-19H2,1H3,(H,26,27);1H/t24-,25+;/m1./s1. The first kappa shape index (κ1) is 21.9. The zero-order chi connectivity index (χ0) is 19.9. The minimum atomic E-state index is -0.387. The molecular formula is C25H27ClN2O2. The number of hydrogen-bond donors (Lipinski definition) is 1. The van der Waals surface area contributed by atoms with Crippen LogP contribution in [0.1, 0.15) is 24.1 Å². The lowest BCUT2D eigenvalue weighted by Gasteiger charge is -2.30. The number of halogens is 1. The third kappa shape index (κ3) is 5.02. The molecule has 1 N–H and O–H groups in total. The van der Waals surface area contributed by atoms with Crippen molar-refractivity contribution in [1.82, 2.24) is 5.32 Å². The topological polar surface area (TPSA) is 42.9 Å². The third-order valence-electron chi connectivity index (χ3n) is 5.21. The van der Waals surface area contributed by atoms with E-state index in [-0.39, 0.29) is 24.0 Å². The van der Waals surface area contributed by atoms with Crippen LogP contribution in [0.4, 0.5) is 0 Å². The van der Waals surface area contributed by atoms with Crippen molar-refractivity contribution in [2.45, 2.75) is 18.5 Å². The summed E-state index contributed by atoms with van der Waals surface area (Å²) in [5, 5.41) is 3.59. The van der Waals surface area contributed by atoms with Gasteiger partial charge in [-0.25, -0.2) is 0 Å². The number of hydrogen-bond acceptors (Lipinski definition) is 4. The van der Waals surface area contributed by atoms with Gasteiger partial charge in [0.05, 0.1) is 12.6 Å². The van der Waals surface area contributed by atoms with Crippen LogP contribution in [0.2, 0.25) is 0 Å². The molecule has 0 unspecified atom stereocenters. The lowest BCUT2D eigenvalue weighted by molar-refractivity contribution is 0.126. The predicted molar refractivity (Wildman–Crippen MR) is 124 cm³/mol. The van der Waals surface area contributed by atoms with Crippen molar-refractivity contribution >= 4 is 18.2 Å². The van der Waals surface area contributed by atoms with Gasteiger partial charge in [0, 0.05) is 0 Å². The largest absolute Gasteiger partial charge is 0.491 e. The van der Waals surface area contributed by atoms with Crippen molar-refractivity contribution in [2.75, 3.05) is 19.8 Å². The van der Waals surface area contributed by atoms with Crippen molar-refractivity contribution in [3.63, 3.8) is 0 Å². The van der Waals surface area contributed by atoms with Gasteiger partial charge in [0.25, 0.3) is 0 Å². The van der Waals surface area contributed by atoms with Gasteiger partial charge in [-0.3, -0.25) is 4.99 Å². The normalized spacial score (nSPS) is 20.0. The summed E-state index contributed by atoms with van der Waals surface area (Å²) in [4.78, 5) is 5.04. The minimum absolute atomic E-state index is 0. The second kappa shape index (κ2) is 10.3. The van der Waals surface area contributed by atoms with E-state index in [1.165, 1.54) is 11.1 Å². The van der Waals surface area contributed by atoms with Gasteiger partial charge in [0.1, 0.15) is 30.3 Å². The molecule has 0 aromatic heterocycles. The number of benzene rings is 3. The number of amidine groups is 1. The SMILES string of the molecule is C[C@@]1(c2ccccc2)N=C(COCCOc2ccccc2)N[C@@H]1c1ccccc1.Cl. The van der Waals surface area contributed by atoms with Crippen LogP contribution in [-0.2, 0) is 10.3 Å². The summed E-state index contributed by atoms with van der Waals surface area (Å²) in [6.45, 7) is 3.63. The highest BCUT2D eigenvalue weighted by Gasteiger charge is 2.42. The monoisotopic (exact) mass is 422 g/mol. The van der Waals surface area contributed by atoms with Crippen LogP contribution in [0, 0.1) is 0 Å². The zero-order valence-electron chi connectivity index (χ0n) is 17.0. The second-order valence-corrected chi connectivity index (χ2v) is 7.27.